The van der Waals surface area contributed by atoms with Gasteiger partial charge in [-0.05, 0) is 48.4 Å². The summed E-state index contributed by atoms with van der Waals surface area (Å²) >= 11 is 0. The number of carbonyl (C=O) groups is 1. The first-order chi connectivity index (χ1) is 12.5. The minimum absolute atomic E-state index is 0.0883. The van der Waals surface area contributed by atoms with Crippen LogP contribution >= 0.6 is 0 Å². The smallest absolute Gasteiger partial charge is 0.257 e. The van der Waals surface area contributed by atoms with E-state index in [0.29, 0.717) is 11.9 Å². The van der Waals surface area contributed by atoms with Crippen molar-refractivity contribution in [2.75, 3.05) is 10.6 Å². The van der Waals surface area contributed by atoms with Crippen LogP contribution in [-0.4, -0.2) is 10.9 Å². The molecule has 3 rings (SSSR count). The molecule has 0 saturated heterocycles. The van der Waals surface area contributed by atoms with E-state index in [-0.39, 0.29) is 11.3 Å². The van der Waals surface area contributed by atoms with Gasteiger partial charge in [0.1, 0.15) is 17.5 Å². The van der Waals surface area contributed by atoms with E-state index in [1.54, 1.807) is 12.1 Å². The molecular formula is C20H17F2N3O. The molecule has 1 amide bonds. The second-order valence-electron chi connectivity index (χ2n) is 5.69. The second kappa shape index (κ2) is 7.74. The summed E-state index contributed by atoms with van der Waals surface area (Å²) in [6, 6.07) is 14.2. The van der Waals surface area contributed by atoms with E-state index in [1.807, 2.05) is 24.3 Å². The number of pyridine rings is 1. The Labute approximate surface area is 149 Å². The number of nitrogens with zero attached hydrogens (tertiary/aromatic N) is 1. The predicted molar refractivity (Wildman–Crippen MR) is 97.7 cm³/mol. The van der Waals surface area contributed by atoms with Crippen LogP contribution in [0.1, 0.15) is 22.8 Å². The number of hydrogen-bond donors (Lipinski definition) is 2. The molecule has 3 aromatic rings. The minimum Gasteiger partial charge on any atom is -0.340 e. The van der Waals surface area contributed by atoms with Crippen molar-refractivity contribution in [2.45, 2.75) is 13.3 Å². The molecule has 0 aliphatic rings. The average Bonchev–Trinajstić information content (AvgIpc) is 2.65. The third-order valence-corrected chi connectivity index (χ3v) is 3.84. The number of rotatable bonds is 5. The molecular weight excluding hydrogens is 336 g/mol. The lowest BCUT2D eigenvalue weighted by Crippen LogP contribution is -2.13. The zero-order valence-corrected chi connectivity index (χ0v) is 14.1. The van der Waals surface area contributed by atoms with E-state index in [2.05, 4.69) is 22.5 Å². The fourth-order valence-electron chi connectivity index (χ4n) is 2.36. The van der Waals surface area contributed by atoms with E-state index < -0.39 is 17.5 Å². The van der Waals surface area contributed by atoms with E-state index in [0.717, 1.165) is 18.2 Å². The van der Waals surface area contributed by atoms with Crippen molar-refractivity contribution in [1.29, 1.82) is 0 Å². The molecule has 132 valence electrons. The molecule has 0 radical (unpaired) electrons. The van der Waals surface area contributed by atoms with Crippen LogP contribution in [0.3, 0.4) is 0 Å². The number of benzene rings is 2. The molecule has 0 bridgehead atoms. The maximum Gasteiger partial charge on any atom is 0.257 e. The van der Waals surface area contributed by atoms with Gasteiger partial charge in [-0.1, -0.05) is 19.1 Å². The number of aryl methyl sites for hydroxylation is 1. The Morgan fingerprint density at radius 1 is 1.04 bits per heavy atom. The van der Waals surface area contributed by atoms with Crippen molar-refractivity contribution < 1.29 is 13.6 Å². The number of nitrogens with one attached hydrogen (secondary N) is 2. The highest BCUT2D eigenvalue weighted by Gasteiger charge is 2.10. The first kappa shape index (κ1) is 17.5. The van der Waals surface area contributed by atoms with Gasteiger partial charge in [-0.25, -0.2) is 13.8 Å². The van der Waals surface area contributed by atoms with Gasteiger partial charge >= 0.3 is 0 Å². The van der Waals surface area contributed by atoms with E-state index >= 15 is 0 Å². The Morgan fingerprint density at radius 2 is 1.81 bits per heavy atom. The van der Waals surface area contributed by atoms with Crippen molar-refractivity contribution in [3.8, 4) is 0 Å². The molecule has 0 fully saturated rings. The summed E-state index contributed by atoms with van der Waals surface area (Å²) in [6.45, 7) is 2.09. The van der Waals surface area contributed by atoms with Crippen molar-refractivity contribution in [1.82, 2.24) is 4.98 Å². The lowest BCUT2D eigenvalue weighted by Gasteiger charge is -2.08. The summed E-state index contributed by atoms with van der Waals surface area (Å²) in [5, 5.41) is 5.54. The van der Waals surface area contributed by atoms with Crippen LogP contribution < -0.4 is 10.6 Å². The van der Waals surface area contributed by atoms with Crippen LogP contribution in [0.25, 0.3) is 0 Å². The quantitative estimate of drug-likeness (QED) is 0.685. The molecule has 4 nitrogen and oxygen atoms in total. The summed E-state index contributed by atoms with van der Waals surface area (Å²) in [7, 11) is 0. The normalized spacial score (nSPS) is 10.4. The Hall–Kier alpha value is -3.28. The number of amides is 1. The first-order valence-corrected chi connectivity index (χ1v) is 8.13. The third-order valence-electron chi connectivity index (χ3n) is 3.84. The Kier molecular flexibility index (Phi) is 5.22. The fourth-order valence-corrected chi connectivity index (χ4v) is 2.36. The number of halogens is 2. The van der Waals surface area contributed by atoms with Crippen LogP contribution in [0.2, 0.25) is 0 Å². The van der Waals surface area contributed by atoms with Gasteiger partial charge in [0.25, 0.3) is 5.91 Å². The zero-order chi connectivity index (χ0) is 18.5. The molecule has 0 saturated carbocycles. The number of carbonyl (C=O) groups excluding carboxylic acids is 1. The molecule has 0 unspecified atom stereocenters. The van der Waals surface area contributed by atoms with Gasteiger partial charge in [-0.3, -0.25) is 4.79 Å². The predicted octanol–water partition coefficient (Wildman–Crippen LogP) is 4.92. The Balaban J connectivity index is 1.67. The highest BCUT2D eigenvalue weighted by Crippen LogP contribution is 2.18. The van der Waals surface area contributed by atoms with Crippen molar-refractivity contribution >= 4 is 23.1 Å². The average molecular weight is 353 g/mol. The lowest BCUT2D eigenvalue weighted by molar-refractivity contribution is 0.102. The maximum absolute atomic E-state index is 13.6. The van der Waals surface area contributed by atoms with Gasteiger partial charge in [-0.15, -0.1) is 0 Å². The van der Waals surface area contributed by atoms with Gasteiger partial charge in [-0.2, -0.15) is 0 Å². The molecule has 0 aliphatic heterocycles. The SMILES string of the molecule is CCc1ccc(Nc2ccc(C(=O)Nc3ccc(F)cc3F)cn2)cc1. The zero-order valence-electron chi connectivity index (χ0n) is 14.1. The molecule has 2 aromatic carbocycles. The first-order valence-electron chi connectivity index (χ1n) is 8.13. The monoisotopic (exact) mass is 353 g/mol. The summed E-state index contributed by atoms with van der Waals surface area (Å²) in [4.78, 5) is 16.3. The van der Waals surface area contributed by atoms with Crippen LogP contribution in [0.5, 0.6) is 0 Å². The van der Waals surface area contributed by atoms with Crippen LogP contribution in [-0.2, 0) is 6.42 Å². The topological polar surface area (TPSA) is 54.0 Å². The van der Waals surface area contributed by atoms with E-state index in [4.69, 9.17) is 0 Å². The van der Waals surface area contributed by atoms with Gasteiger partial charge in [0, 0.05) is 18.0 Å². The molecule has 26 heavy (non-hydrogen) atoms. The van der Waals surface area contributed by atoms with Crippen LogP contribution in [0.15, 0.2) is 60.8 Å². The lowest BCUT2D eigenvalue weighted by atomic mass is 10.1. The molecule has 0 atom stereocenters. The summed E-state index contributed by atoms with van der Waals surface area (Å²) in [6.07, 6.45) is 2.36. The van der Waals surface area contributed by atoms with Gasteiger partial charge in [0.05, 0.1) is 11.3 Å². The summed E-state index contributed by atoms with van der Waals surface area (Å²) in [5.41, 5.74) is 2.30. The second-order valence-corrected chi connectivity index (χ2v) is 5.69. The number of aromatic nitrogens is 1. The summed E-state index contributed by atoms with van der Waals surface area (Å²) < 4.78 is 26.5. The van der Waals surface area contributed by atoms with E-state index in [9.17, 15) is 13.6 Å². The highest BCUT2D eigenvalue weighted by atomic mass is 19.1. The molecule has 6 heteroatoms. The van der Waals surface area contributed by atoms with Crippen LogP contribution in [0, 0.1) is 11.6 Å². The van der Waals surface area contributed by atoms with Gasteiger partial charge < -0.3 is 10.6 Å². The van der Waals surface area contributed by atoms with Crippen LogP contribution in [0.4, 0.5) is 26.0 Å². The molecule has 0 spiro atoms. The number of hydrogen-bond acceptors (Lipinski definition) is 3. The van der Waals surface area contributed by atoms with Crippen molar-refractivity contribution in [3.05, 3.63) is 83.6 Å². The fraction of sp³-hybridized carbons (Fsp3) is 0.100. The largest absolute Gasteiger partial charge is 0.340 e. The Bertz CT molecular complexity index is 909. The number of anilines is 3. The maximum atomic E-state index is 13.6. The molecule has 0 aliphatic carbocycles. The van der Waals surface area contributed by atoms with Crippen molar-refractivity contribution in [3.63, 3.8) is 0 Å². The molecule has 1 aromatic heterocycles. The van der Waals surface area contributed by atoms with Gasteiger partial charge in [0.2, 0.25) is 0 Å². The highest BCUT2D eigenvalue weighted by molar-refractivity contribution is 6.04. The van der Waals surface area contributed by atoms with Crippen molar-refractivity contribution in [2.24, 2.45) is 0 Å². The third kappa shape index (κ3) is 4.22. The van der Waals surface area contributed by atoms with E-state index in [1.165, 1.54) is 17.8 Å². The summed E-state index contributed by atoms with van der Waals surface area (Å²) in [5.74, 6) is -1.48. The Morgan fingerprint density at radius 3 is 2.42 bits per heavy atom. The molecule has 1 heterocycles. The standard InChI is InChI=1S/C20H17F2N3O/c1-2-13-3-7-16(8-4-13)24-19-10-5-14(12-23-19)20(26)25-18-9-6-15(21)11-17(18)22/h3-12H,2H2,1H3,(H,23,24)(H,25,26). The van der Waals surface area contributed by atoms with Gasteiger partial charge in [0.15, 0.2) is 0 Å². The minimum atomic E-state index is -0.833. The molecule has 2 N–H and O–H groups in total.